The first kappa shape index (κ1) is 13.3. The fourth-order valence-corrected chi connectivity index (χ4v) is 2.00. The van der Waals surface area contributed by atoms with Crippen molar-refractivity contribution in [2.45, 2.75) is 31.8 Å². The molecule has 0 aromatic rings. The van der Waals surface area contributed by atoms with Crippen LogP contribution >= 0.6 is 0 Å². The Morgan fingerprint density at radius 1 is 1.42 bits per heavy atom. The number of carbonyl (C=O) groups is 4. The molecule has 0 bridgehead atoms. The van der Waals surface area contributed by atoms with Gasteiger partial charge in [-0.3, -0.25) is 19.7 Å². The van der Waals surface area contributed by atoms with Crippen LogP contribution in [-0.2, 0) is 14.4 Å². The highest BCUT2D eigenvalue weighted by Gasteiger charge is 2.41. The van der Waals surface area contributed by atoms with Gasteiger partial charge < -0.3 is 14.9 Å². The number of carboxylic acids is 1. The van der Waals surface area contributed by atoms with Crippen LogP contribution in [0.3, 0.4) is 0 Å². The van der Waals surface area contributed by atoms with Crippen LogP contribution in [0, 0.1) is 0 Å². The molecular formula is C11H15N3O5. The largest absolute Gasteiger partial charge is 0.480 e. The van der Waals surface area contributed by atoms with Crippen molar-refractivity contribution in [3.05, 3.63) is 0 Å². The number of urea groups is 1. The van der Waals surface area contributed by atoms with E-state index in [9.17, 15) is 19.2 Å². The van der Waals surface area contributed by atoms with Crippen LogP contribution < -0.4 is 5.32 Å². The fraction of sp³-hybridized carbons (Fsp3) is 0.636. The Morgan fingerprint density at radius 3 is 2.58 bits per heavy atom. The van der Waals surface area contributed by atoms with E-state index in [1.54, 1.807) is 0 Å². The van der Waals surface area contributed by atoms with Gasteiger partial charge in [-0.1, -0.05) is 0 Å². The van der Waals surface area contributed by atoms with Crippen LogP contribution in [0.5, 0.6) is 0 Å². The molecule has 0 spiro atoms. The predicted molar refractivity (Wildman–Crippen MR) is 62.1 cm³/mol. The zero-order valence-corrected chi connectivity index (χ0v) is 10.5. The number of nitrogens with one attached hydrogen (secondary N) is 1. The van der Waals surface area contributed by atoms with Gasteiger partial charge in [0, 0.05) is 6.04 Å². The van der Waals surface area contributed by atoms with Crippen molar-refractivity contribution >= 4 is 23.8 Å². The second-order valence-corrected chi connectivity index (χ2v) is 4.75. The van der Waals surface area contributed by atoms with E-state index in [2.05, 4.69) is 5.32 Å². The molecule has 8 nitrogen and oxygen atoms in total. The summed E-state index contributed by atoms with van der Waals surface area (Å²) in [6.07, 6.45) is 1.50. The molecule has 1 heterocycles. The van der Waals surface area contributed by atoms with Crippen molar-refractivity contribution in [3.63, 3.8) is 0 Å². The van der Waals surface area contributed by atoms with Crippen molar-refractivity contribution in [2.75, 3.05) is 13.1 Å². The lowest BCUT2D eigenvalue weighted by molar-refractivity contribution is -0.138. The van der Waals surface area contributed by atoms with E-state index < -0.39 is 36.4 Å². The summed E-state index contributed by atoms with van der Waals surface area (Å²) in [4.78, 5) is 48.2. The molecular weight excluding hydrogens is 254 g/mol. The monoisotopic (exact) mass is 269 g/mol. The molecule has 1 aliphatic carbocycles. The number of aliphatic carboxylic acids is 1. The summed E-state index contributed by atoms with van der Waals surface area (Å²) in [6.45, 7) is 0.864. The quantitative estimate of drug-likeness (QED) is 0.639. The summed E-state index contributed by atoms with van der Waals surface area (Å²) in [5.74, 6) is -2.21. The van der Waals surface area contributed by atoms with Crippen LogP contribution in [-0.4, -0.2) is 63.9 Å². The Kier molecular flexibility index (Phi) is 3.41. The maximum absolute atomic E-state index is 12.3. The molecule has 8 heteroatoms. The van der Waals surface area contributed by atoms with Crippen molar-refractivity contribution in [1.82, 2.24) is 15.1 Å². The molecule has 0 aromatic heterocycles. The van der Waals surface area contributed by atoms with Gasteiger partial charge in [-0.25, -0.2) is 4.79 Å². The van der Waals surface area contributed by atoms with Crippen molar-refractivity contribution in [1.29, 1.82) is 0 Å². The molecule has 2 fully saturated rings. The molecule has 1 atom stereocenters. The van der Waals surface area contributed by atoms with E-state index in [4.69, 9.17) is 5.11 Å². The number of imide groups is 1. The number of hydrogen-bond donors (Lipinski definition) is 2. The van der Waals surface area contributed by atoms with Crippen LogP contribution in [0.4, 0.5) is 4.79 Å². The molecule has 1 unspecified atom stereocenters. The summed E-state index contributed by atoms with van der Waals surface area (Å²) < 4.78 is 0. The van der Waals surface area contributed by atoms with Gasteiger partial charge in [-0.15, -0.1) is 0 Å². The average Bonchev–Trinajstić information content (AvgIpc) is 3.13. The molecule has 0 radical (unpaired) electrons. The smallest absolute Gasteiger partial charge is 0.323 e. The number of carboxylic acid groups (broad SMARTS) is 1. The Bertz CT molecular complexity index is 446. The average molecular weight is 269 g/mol. The topological polar surface area (TPSA) is 107 Å². The van der Waals surface area contributed by atoms with Crippen LogP contribution in [0.25, 0.3) is 0 Å². The zero-order chi connectivity index (χ0) is 14.2. The predicted octanol–water partition coefficient (Wildman–Crippen LogP) is -0.998. The Morgan fingerprint density at radius 2 is 2.05 bits per heavy atom. The van der Waals surface area contributed by atoms with Crippen LogP contribution in [0.2, 0.25) is 0 Å². The Labute approximate surface area is 109 Å². The number of nitrogens with zero attached hydrogens (tertiary/aromatic N) is 2. The highest BCUT2D eigenvalue weighted by Crippen LogP contribution is 2.28. The normalized spacial score (nSPS) is 23.0. The highest BCUT2D eigenvalue weighted by atomic mass is 16.4. The molecule has 2 rings (SSSR count). The van der Waals surface area contributed by atoms with Gasteiger partial charge in [0.2, 0.25) is 11.8 Å². The third kappa shape index (κ3) is 2.83. The lowest BCUT2D eigenvalue weighted by Gasteiger charge is -2.35. The Balaban J connectivity index is 2.13. The minimum absolute atomic E-state index is 0.101. The number of hydrogen-bond acceptors (Lipinski definition) is 4. The third-order valence-electron chi connectivity index (χ3n) is 3.21. The van der Waals surface area contributed by atoms with Crippen LogP contribution in [0.1, 0.15) is 19.8 Å². The second-order valence-electron chi connectivity index (χ2n) is 4.75. The highest BCUT2D eigenvalue weighted by molar-refractivity contribution is 6.04. The lowest BCUT2D eigenvalue weighted by atomic mass is 10.2. The molecule has 19 heavy (non-hydrogen) atoms. The molecule has 1 saturated heterocycles. The van der Waals surface area contributed by atoms with E-state index >= 15 is 0 Å². The van der Waals surface area contributed by atoms with Gasteiger partial charge in [0.15, 0.2) is 0 Å². The van der Waals surface area contributed by atoms with E-state index in [-0.39, 0.29) is 12.6 Å². The van der Waals surface area contributed by atoms with Gasteiger partial charge in [0.05, 0.1) is 0 Å². The summed E-state index contributed by atoms with van der Waals surface area (Å²) in [5, 5.41) is 11.0. The van der Waals surface area contributed by atoms with Gasteiger partial charge in [-0.2, -0.15) is 0 Å². The van der Waals surface area contributed by atoms with E-state index in [0.717, 1.165) is 17.7 Å². The third-order valence-corrected chi connectivity index (χ3v) is 3.21. The number of amides is 4. The molecule has 2 N–H and O–H groups in total. The lowest BCUT2D eigenvalue weighted by Crippen LogP contribution is -2.61. The molecule has 2 aliphatic rings. The number of rotatable bonds is 3. The molecule has 104 valence electrons. The minimum atomic E-state index is -1.11. The van der Waals surface area contributed by atoms with Crippen molar-refractivity contribution < 1.29 is 24.3 Å². The minimum Gasteiger partial charge on any atom is -0.480 e. The first-order valence-corrected chi connectivity index (χ1v) is 6.03. The first-order chi connectivity index (χ1) is 8.90. The summed E-state index contributed by atoms with van der Waals surface area (Å²) in [5.41, 5.74) is 0. The summed E-state index contributed by atoms with van der Waals surface area (Å²) >= 11 is 0. The SMILES string of the molecule is CC1C(=O)NC(=O)CN1C(=O)N(CC(=O)O)C1CC1. The van der Waals surface area contributed by atoms with Crippen molar-refractivity contribution in [3.8, 4) is 0 Å². The summed E-state index contributed by atoms with van der Waals surface area (Å²) in [6, 6.07) is -1.45. The van der Waals surface area contributed by atoms with Gasteiger partial charge >= 0.3 is 12.0 Å². The van der Waals surface area contributed by atoms with Crippen molar-refractivity contribution in [2.24, 2.45) is 0 Å². The molecule has 4 amide bonds. The van der Waals surface area contributed by atoms with Gasteiger partial charge in [0.25, 0.3) is 0 Å². The van der Waals surface area contributed by atoms with E-state index in [1.165, 1.54) is 11.8 Å². The van der Waals surface area contributed by atoms with E-state index in [0.29, 0.717) is 0 Å². The molecule has 0 aromatic carbocycles. The second kappa shape index (κ2) is 4.87. The maximum atomic E-state index is 12.3. The Hall–Kier alpha value is -2.12. The number of carbonyl (C=O) groups excluding carboxylic acids is 3. The van der Waals surface area contributed by atoms with Crippen LogP contribution in [0.15, 0.2) is 0 Å². The first-order valence-electron chi connectivity index (χ1n) is 6.03. The maximum Gasteiger partial charge on any atom is 0.323 e. The van der Waals surface area contributed by atoms with Gasteiger partial charge in [-0.05, 0) is 19.8 Å². The fourth-order valence-electron chi connectivity index (χ4n) is 2.00. The van der Waals surface area contributed by atoms with Gasteiger partial charge in [0.1, 0.15) is 19.1 Å². The standard InChI is InChI=1S/C11H15N3O5/c1-6-10(18)12-8(15)4-13(6)11(19)14(5-9(16)17)7-2-3-7/h6-7H,2-5H2,1H3,(H,16,17)(H,12,15,18). The van der Waals surface area contributed by atoms with E-state index in [1.807, 2.05) is 0 Å². The summed E-state index contributed by atoms with van der Waals surface area (Å²) in [7, 11) is 0. The zero-order valence-electron chi connectivity index (χ0n) is 10.5. The molecule has 1 aliphatic heterocycles. The number of piperazine rings is 1. The molecule has 1 saturated carbocycles.